The summed E-state index contributed by atoms with van der Waals surface area (Å²) in [4.78, 5) is 19.1. The van der Waals surface area contributed by atoms with E-state index in [2.05, 4.69) is 46.7 Å². The maximum absolute atomic E-state index is 12.9. The molecule has 1 amide bonds. The van der Waals surface area contributed by atoms with Crippen LogP contribution in [0.5, 0.6) is 5.75 Å². The number of amides is 1. The fourth-order valence-electron chi connectivity index (χ4n) is 4.52. The SMILES string of the molecule is COc1ccc(C2CN(C(=O)OCC3c4ccccc4-c4ccccc43)CCN2)nc1. The fourth-order valence-corrected chi connectivity index (χ4v) is 4.52. The van der Waals surface area contributed by atoms with E-state index in [1.165, 1.54) is 22.3 Å². The molecule has 2 aromatic carbocycles. The number of carbonyl (C=O) groups is 1. The van der Waals surface area contributed by atoms with Crippen LogP contribution in [0.3, 0.4) is 0 Å². The van der Waals surface area contributed by atoms with Crippen LogP contribution >= 0.6 is 0 Å². The number of benzene rings is 2. The molecule has 2 heterocycles. The van der Waals surface area contributed by atoms with Crippen LogP contribution in [0.4, 0.5) is 4.79 Å². The van der Waals surface area contributed by atoms with Crippen molar-refractivity contribution in [3.05, 3.63) is 83.7 Å². The molecule has 1 aromatic heterocycles. The van der Waals surface area contributed by atoms with Crippen molar-refractivity contribution in [1.29, 1.82) is 0 Å². The zero-order valence-corrected chi connectivity index (χ0v) is 17.5. The second kappa shape index (κ2) is 8.40. The lowest BCUT2D eigenvalue weighted by Gasteiger charge is -2.33. The molecule has 6 nitrogen and oxygen atoms in total. The summed E-state index contributed by atoms with van der Waals surface area (Å²) in [5.41, 5.74) is 5.78. The van der Waals surface area contributed by atoms with Gasteiger partial charge in [0.25, 0.3) is 0 Å². The molecule has 0 spiro atoms. The molecule has 1 aliphatic carbocycles. The fraction of sp³-hybridized carbons (Fsp3) is 0.280. The Morgan fingerprint density at radius 2 is 1.77 bits per heavy atom. The summed E-state index contributed by atoms with van der Waals surface area (Å²) in [6.45, 7) is 2.17. The van der Waals surface area contributed by atoms with Gasteiger partial charge in [-0.25, -0.2) is 4.79 Å². The molecule has 1 atom stereocenters. The molecule has 6 heteroatoms. The molecule has 0 saturated carbocycles. The smallest absolute Gasteiger partial charge is 0.409 e. The number of pyridine rings is 1. The lowest BCUT2D eigenvalue weighted by molar-refractivity contribution is 0.0880. The number of methoxy groups -OCH3 is 1. The van der Waals surface area contributed by atoms with Gasteiger partial charge < -0.3 is 19.7 Å². The lowest BCUT2D eigenvalue weighted by atomic mass is 9.98. The highest BCUT2D eigenvalue weighted by Crippen LogP contribution is 2.44. The van der Waals surface area contributed by atoms with Crippen molar-refractivity contribution < 1.29 is 14.3 Å². The van der Waals surface area contributed by atoms with Crippen molar-refractivity contribution in [3.8, 4) is 16.9 Å². The van der Waals surface area contributed by atoms with Crippen molar-refractivity contribution in [2.24, 2.45) is 0 Å². The molecule has 1 fully saturated rings. The van der Waals surface area contributed by atoms with Crippen LogP contribution in [0.2, 0.25) is 0 Å². The number of hydrogen-bond donors (Lipinski definition) is 1. The predicted molar refractivity (Wildman–Crippen MR) is 118 cm³/mol. The predicted octanol–water partition coefficient (Wildman–Crippen LogP) is 3.99. The topological polar surface area (TPSA) is 63.7 Å². The quantitative estimate of drug-likeness (QED) is 0.698. The van der Waals surface area contributed by atoms with Gasteiger partial charge in [-0.05, 0) is 34.4 Å². The van der Waals surface area contributed by atoms with Crippen molar-refractivity contribution in [1.82, 2.24) is 15.2 Å². The number of ether oxygens (including phenoxy) is 2. The van der Waals surface area contributed by atoms with Crippen molar-refractivity contribution in [2.45, 2.75) is 12.0 Å². The maximum Gasteiger partial charge on any atom is 0.409 e. The average molecular weight is 415 g/mol. The summed E-state index contributed by atoms with van der Waals surface area (Å²) >= 11 is 0. The normalized spacial score (nSPS) is 17.7. The van der Waals surface area contributed by atoms with Crippen LogP contribution in [0.1, 0.15) is 28.8 Å². The second-order valence-corrected chi connectivity index (χ2v) is 7.88. The molecule has 31 heavy (non-hydrogen) atoms. The highest BCUT2D eigenvalue weighted by molar-refractivity contribution is 5.79. The lowest BCUT2D eigenvalue weighted by Crippen LogP contribution is -2.48. The maximum atomic E-state index is 12.9. The van der Waals surface area contributed by atoms with Crippen molar-refractivity contribution >= 4 is 6.09 Å². The van der Waals surface area contributed by atoms with E-state index in [1.807, 2.05) is 24.3 Å². The van der Waals surface area contributed by atoms with Crippen molar-refractivity contribution in [2.75, 3.05) is 33.4 Å². The first-order valence-electron chi connectivity index (χ1n) is 10.6. The Kier molecular flexibility index (Phi) is 5.30. The first-order chi connectivity index (χ1) is 15.2. The Morgan fingerprint density at radius 3 is 2.42 bits per heavy atom. The third-order valence-corrected chi connectivity index (χ3v) is 6.12. The van der Waals surface area contributed by atoms with Gasteiger partial charge in [0.2, 0.25) is 0 Å². The van der Waals surface area contributed by atoms with Crippen LogP contribution in [-0.4, -0.2) is 49.3 Å². The molecule has 1 unspecified atom stereocenters. The Balaban J connectivity index is 1.26. The molecule has 0 radical (unpaired) electrons. The van der Waals surface area contributed by atoms with Crippen LogP contribution < -0.4 is 10.1 Å². The molecular weight excluding hydrogens is 390 g/mol. The van der Waals surface area contributed by atoms with Gasteiger partial charge in [0.15, 0.2) is 0 Å². The van der Waals surface area contributed by atoms with Gasteiger partial charge in [-0.1, -0.05) is 48.5 Å². The number of rotatable bonds is 4. The van der Waals surface area contributed by atoms with E-state index in [0.29, 0.717) is 32.0 Å². The van der Waals surface area contributed by atoms with E-state index in [-0.39, 0.29) is 18.1 Å². The molecule has 1 N–H and O–H groups in total. The van der Waals surface area contributed by atoms with E-state index in [9.17, 15) is 4.79 Å². The summed E-state index contributed by atoms with van der Waals surface area (Å²) in [5.74, 6) is 0.784. The van der Waals surface area contributed by atoms with E-state index in [1.54, 1.807) is 18.2 Å². The first-order valence-corrected chi connectivity index (χ1v) is 10.6. The third-order valence-electron chi connectivity index (χ3n) is 6.12. The molecule has 0 bridgehead atoms. The molecule has 1 aliphatic heterocycles. The summed E-state index contributed by atoms with van der Waals surface area (Å²) < 4.78 is 11.0. The number of nitrogens with zero attached hydrogens (tertiary/aromatic N) is 2. The van der Waals surface area contributed by atoms with Crippen LogP contribution in [0.15, 0.2) is 66.9 Å². The third kappa shape index (κ3) is 3.75. The Hall–Kier alpha value is -3.38. The molecule has 158 valence electrons. The van der Waals surface area contributed by atoms with Crippen LogP contribution in [-0.2, 0) is 4.74 Å². The molecule has 3 aromatic rings. The van der Waals surface area contributed by atoms with E-state index in [4.69, 9.17) is 9.47 Å². The first kappa shape index (κ1) is 19.6. The minimum absolute atomic E-state index is 0.0276. The van der Waals surface area contributed by atoms with E-state index in [0.717, 1.165) is 5.69 Å². The Morgan fingerprint density at radius 1 is 1.06 bits per heavy atom. The van der Waals surface area contributed by atoms with Crippen molar-refractivity contribution in [3.63, 3.8) is 0 Å². The molecular formula is C25H25N3O3. The zero-order chi connectivity index (χ0) is 21.2. The zero-order valence-electron chi connectivity index (χ0n) is 17.5. The van der Waals surface area contributed by atoms with E-state index >= 15 is 0 Å². The van der Waals surface area contributed by atoms with Gasteiger partial charge in [0.05, 0.1) is 25.0 Å². The highest BCUT2D eigenvalue weighted by Gasteiger charge is 2.31. The molecule has 5 rings (SSSR count). The number of hydrogen-bond acceptors (Lipinski definition) is 5. The second-order valence-electron chi connectivity index (χ2n) is 7.88. The monoisotopic (exact) mass is 415 g/mol. The van der Waals surface area contributed by atoms with Crippen LogP contribution in [0, 0.1) is 0 Å². The molecule has 1 saturated heterocycles. The average Bonchev–Trinajstić information content (AvgIpc) is 3.16. The minimum Gasteiger partial charge on any atom is -0.495 e. The summed E-state index contributed by atoms with van der Waals surface area (Å²) in [7, 11) is 1.62. The number of aromatic nitrogens is 1. The van der Waals surface area contributed by atoms with Gasteiger partial charge in [0.1, 0.15) is 12.4 Å². The number of nitrogens with one attached hydrogen (secondary N) is 1. The number of piperazine rings is 1. The molecule has 2 aliphatic rings. The van der Waals surface area contributed by atoms with Gasteiger partial charge in [-0.3, -0.25) is 4.98 Å². The van der Waals surface area contributed by atoms with Crippen LogP contribution in [0.25, 0.3) is 11.1 Å². The van der Waals surface area contributed by atoms with E-state index < -0.39 is 0 Å². The Labute approximate surface area is 181 Å². The Bertz CT molecular complexity index is 1040. The highest BCUT2D eigenvalue weighted by atomic mass is 16.6. The summed E-state index contributed by atoms with van der Waals surface area (Å²) in [5, 5.41) is 3.43. The summed E-state index contributed by atoms with van der Waals surface area (Å²) in [6.07, 6.45) is 1.42. The minimum atomic E-state index is -0.276. The standard InChI is InChI=1S/C25H25N3O3/c1-30-17-10-11-23(27-14-17)24-15-28(13-12-26-24)25(29)31-16-22-20-8-4-2-6-18(20)19-7-3-5-9-21(19)22/h2-11,14,22,24,26H,12-13,15-16H2,1H3. The largest absolute Gasteiger partial charge is 0.495 e. The van der Waals surface area contributed by atoms with Gasteiger partial charge >= 0.3 is 6.09 Å². The number of fused-ring (bicyclic) bond motifs is 3. The summed E-state index contributed by atoms with van der Waals surface area (Å²) in [6, 6.07) is 20.5. The number of carbonyl (C=O) groups excluding carboxylic acids is 1. The van der Waals surface area contributed by atoms with Gasteiger partial charge in [0, 0.05) is 25.6 Å². The van der Waals surface area contributed by atoms with Gasteiger partial charge in [-0.15, -0.1) is 0 Å². The van der Waals surface area contributed by atoms with Gasteiger partial charge in [-0.2, -0.15) is 0 Å².